The van der Waals surface area contributed by atoms with Gasteiger partial charge in [-0.25, -0.2) is 4.57 Å². The maximum atomic E-state index is 12.8. The van der Waals surface area contributed by atoms with Gasteiger partial charge in [-0.15, -0.1) is 0 Å². The van der Waals surface area contributed by atoms with Gasteiger partial charge in [0.1, 0.15) is 11.5 Å². The summed E-state index contributed by atoms with van der Waals surface area (Å²) in [6, 6.07) is 1.03. The van der Waals surface area contributed by atoms with E-state index in [1.807, 2.05) is 0 Å². The molecule has 5 nitrogen and oxygen atoms in total. The van der Waals surface area contributed by atoms with Gasteiger partial charge in [-0.05, 0) is 38.5 Å². The Labute approximate surface area is 185 Å². The molecule has 0 aromatic rings. The van der Waals surface area contributed by atoms with E-state index >= 15 is 0 Å². The lowest BCUT2D eigenvalue weighted by Gasteiger charge is -2.27. The molecule has 2 aliphatic rings. The molecule has 0 atom stereocenters. The molecule has 2 aliphatic carbocycles. The number of hydrogen-bond acceptors (Lipinski definition) is 5. The zero-order valence-electron chi connectivity index (χ0n) is 19.8. The van der Waals surface area contributed by atoms with Crippen LogP contribution in [0.2, 0.25) is 0 Å². The van der Waals surface area contributed by atoms with Crippen LogP contribution in [0.3, 0.4) is 0 Å². The van der Waals surface area contributed by atoms with Crippen LogP contribution in [0.25, 0.3) is 0 Å². The fourth-order valence-corrected chi connectivity index (χ4v) is 5.64. The van der Waals surface area contributed by atoms with Crippen molar-refractivity contribution in [1.82, 2.24) is 10.6 Å². The van der Waals surface area contributed by atoms with Crippen LogP contribution in [-0.4, -0.2) is 12.1 Å². The maximum Gasteiger partial charge on any atom is 0.418 e. The quantitative estimate of drug-likeness (QED) is 0.246. The first kappa shape index (κ1) is 25.2. The molecular weight excluding hydrogens is 395 g/mol. The fourth-order valence-electron chi connectivity index (χ4n) is 4.66. The average Bonchev–Trinajstić information content (AvgIpc) is 2.79. The first-order chi connectivity index (χ1) is 14.6. The minimum absolute atomic E-state index is 0.513. The third kappa shape index (κ3) is 8.21. The van der Waals surface area contributed by atoms with E-state index in [0.717, 1.165) is 48.6 Å². The Morgan fingerprint density at radius 2 is 1.03 bits per heavy atom. The molecule has 0 aromatic heterocycles. The highest BCUT2D eigenvalue weighted by Crippen LogP contribution is 2.36. The molecule has 0 aliphatic heterocycles. The van der Waals surface area contributed by atoms with Crippen molar-refractivity contribution < 1.29 is 13.6 Å². The summed E-state index contributed by atoms with van der Waals surface area (Å²) in [7, 11) is -2.65. The van der Waals surface area contributed by atoms with Gasteiger partial charge < -0.3 is 19.7 Å². The van der Waals surface area contributed by atoms with Crippen molar-refractivity contribution in [3.63, 3.8) is 0 Å². The molecule has 0 bridgehead atoms. The lowest BCUT2D eigenvalue weighted by Crippen LogP contribution is -2.31. The van der Waals surface area contributed by atoms with Crippen LogP contribution >= 0.6 is 8.25 Å². The summed E-state index contributed by atoms with van der Waals surface area (Å²) in [6.07, 6.45) is 15.8. The van der Waals surface area contributed by atoms with Crippen LogP contribution in [0.15, 0.2) is 22.9 Å². The molecule has 2 N–H and O–H groups in total. The van der Waals surface area contributed by atoms with E-state index in [1.165, 1.54) is 64.2 Å². The summed E-state index contributed by atoms with van der Waals surface area (Å²) in [5.74, 6) is 1.58. The second-order valence-corrected chi connectivity index (χ2v) is 9.54. The first-order valence-electron chi connectivity index (χ1n) is 12.5. The Bertz CT molecular complexity index is 541. The molecule has 2 rings (SSSR count). The Kier molecular flexibility index (Phi) is 11.8. The lowest BCUT2D eigenvalue weighted by atomic mass is 9.95. The Hall–Kier alpha value is -1.09. The molecule has 0 radical (unpaired) electrons. The average molecular weight is 441 g/mol. The van der Waals surface area contributed by atoms with E-state index in [1.54, 1.807) is 0 Å². The largest absolute Gasteiger partial charge is 0.421 e. The summed E-state index contributed by atoms with van der Waals surface area (Å²) in [5.41, 5.74) is 2.17. The monoisotopic (exact) mass is 440 g/mol. The zero-order chi connectivity index (χ0) is 21.8. The SMILES string of the molecule is CC/C(NC1CCCCC1)=C(\CC)O[PH](=O)O/C(CC)=C(/CC)NC1CCCCC1. The molecular formula is C24H45N2O3P. The van der Waals surface area contributed by atoms with Crippen LogP contribution in [0.1, 0.15) is 118 Å². The highest BCUT2D eigenvalue weighted by atomic mass is 31.1. The molecule has 6 heteroatoms. The van der Waals surface area contributed by atoms with Crippen molar-refractivity contribution in [2.45, 2.75) is 130 Å². The van der Waals surface area contributed by atoms with E-state index in [-0.39, 0.29) is 0 Å². The van der Waals surface area contributed by atoms with Crippen LogP contribution < -0.4 is 10.6 Å². The molecule has 0 aromatic carbocycles. The molecule has 0 amide bonds. The Morgan fingerprint density at radius 3 is 1.33 bits per heavy atom. The predicted octanol–water partition coefficient (Wildman–Crippen LogP) is 7.32. The minimum atomic E-state index is -2.65. The molecule has 0 unspecified atom stereocenters. The van der Waals surface area contributed by atoms with E-state index in [2.05, 4.69) is 38.3 Å². The normalized spacial score (nSPS) is 21.3. The van der Waals surface area contributed by atoms with Crippen molar-refractivity contribution in [2.24, 2.45) is 0 Å². The van der Waals surface area contributed by atoms with Gasteiger partial charge in [-0.3, -0.25) is 0 Å². The first-order valence-corrected chi connectivity index (χ1v) is 13.7. The molecule has 2 fully saturated rings. The van der Waals surface area contributed by atoms with Crippen LogP contribution in [0.4, 0.5) is 0 Å². The highest BCUT2D eigenvalue weighted by molar-refractivity contribution is 7.33. The standard InChI is InChI=1S/C24H45N2O3P/c1-5-21(25-19-15-11-9-12-16-19)23(7-3)28-30(27)29-24(8-4)22(6-2)26-20-17-13-10-14-18-20/h19-20,25-26,30H,5-18H2,1-4H3/b23-21-,24-22-. The highest BCUT2D eigenvalue weighted by Gasteiger charge is 2.19. The van der Waals surface area contributed by atoms with E-state index in [9.17, 15) is 4.57 Å². The van der Waals surface area contributed by atoms with Crippen molar-refractivity contribution in [3.05, 3.63) is 22.9 Å². The number of allylic oxidation sites excluding steroid dienone is 4. The summed E-state index contributed by atoms with van der Waals surface area (Å²) in [4.78, 5) is 0. The van der Waals surface area contributed by atoms with Crippen molar-refractivity contribution >= 4 is 8.25 Å². The zero-order valence-corrected chi connectivity index (χ0v) is 20.8. The number of hydrogen-bond donors (Lipinski definition) is 2. The number of rotatable bonds is 12. The predicted molar refractivity (Wildman–Crippen MR) is 126 cm³/mol. The van der Waals surface area contributed by atoms with Gasteiger partial charge in [-0.1, -0.05) is 66.2 Å². The fraction of sp³-hybridized carbons (Fsp3) is 0.833. The third-order valence-corrected chi connectivity index (χ3v) is 7.23. The topological polar surface area (TPSA) is 59.6 Å². The van der Waals surface area contributed by atoms with Gasteiger partial charge >= 0.3 is 8.25 Å². The molecule has 0 spiro atoms. The van der Waals surface area contributed by atoms with E-state index in [0.29, 0.717) is 12.1 Å². The van der Waals surface area contributed by atoms with Gasteiger partial charge in [-0.2, -0.15) is 0 Å². The lowest BCUT2D eigenvalue weighted by molar-refractivity contribution is 0.289. The summed E-state index contributed by atoms with van der Waals surface area (Å²) >= 11 is 0. The summed E-state index contributed by atoms with van der Waals surface area (Å²) in [5, 5.41) is 7.34. The third-order valence-electron chi connectivity index (χ3n) is 6.40. The Morgan fingerprint density at radius 1 is 0.667 bits per heavy atom. The molecule has 0 heterocycles. The van der Waals surface area contributed by atoms with Crippen LogP contribution in [0.5, 0.6) is 0 Å². The van der Waals surface area contributed by atoms with E-state index in [4.69, 9.17) is 9.05 Å². The van der Waals surface area contributed by atoms with Gasteiger partial charge in [0, 0.05) is 36.3 Å². The molecule has 2 saturated carbocycles. The van der Waals surface area contributed by atoms with Gasteiger partial charge in [0.15, 0.2) is 0 Å². The van der Waals surface area contributed by atoms with Crippen molar-refractivity contribution in [3.8, 4) is 0 Å². The minimum Gasteiger partial charge on any atom is -0.421 e. The maximum absolute atomic E-state index is 12.8. The smallest absolute Gasteiger partial charge is 0.418 e. The molecule has 0 saturated heterocycles. The second kappa shape index (κ2) is 14.1. The van der Waals surface area contributed by atoms with Gasteiger partial charge in [0.05, 0.1) is 0 Å². The molecule has 174 valence electrons. The van der Waals surface area contributed by atoms with E-state index < -0.39 is 8.25 Å². The molecule has 30 heavy (non-hydrogen) atoms. The number of nitrogens with one attached hydrogen (secondary N) is 2. The van der Waals surface area contributed by atoms with Gasteiger partial charge in [0.2, 0.25) is 0 Å². The van der Waals surface area contributed by atoms with Crippen molar-refractivity contribution in [1.29, 1.82) is 0 Å². The summed E-state index contributed by atoms with van der Waals surface area (Å²) < 4.78 is 24.6. The second-order valence-electron chi connectivity index (χ2n) is 8.63. The van der Waals surface area contributed by atoms with Crippen LogP contribution in [0, 0.1) is 0 Å². The van der Waals surface area contributed by atoms with Gasteiger partial charge in [0.25, 0.3) is 0 Å². The van der Waals surface area contributed by atoms with Crippen LogP contribution in [-0.2, 0) is 13.6 Å². The van der Waals surface area contributed by atoms with Crippen molar-refractivity contribution in [2.75, 3.05) is 0 Å². The Balaban J connectivity index is 2.02. The summed E-state index contributed by atoms with van der Waals surface area (Å²) in [6.45, 7) is 8.37.